The van der Waals surface area contributed by atoms with Gasteiger partial charge in [0.1, 0.15) is 10.8 Å². The minimum absolute atomic E-state index is 0.325. The third kappa shape index (κ3) is 3.14. The van der Waals surface area contributed by atoms with Crippen LogP contribution in [0.2, 0.25) is 5.04 Å². The summed E-state index contributed by atoms with van der Waals surface area (Å²) in [6, 6.07) is 9.56. The summed E-state index contributed by atoms with van der Waals surface area (Å²) >= 11 is 0. The number of ether oxygens (including phenoxy) is 1. The van der Waals surface area contributed by atoms with E-state index in [0.29, 0.717) is 19.3 Å². The molecule has 1 aliphatic heterocycles. The van der Waals surface area contributed by atoms with E-state index in [0.717, 1.165) is 25.0 Å². The fourth-order valence-corrected chi connectivity index (χ4v) is 6.16. The second-order valence-electron chi connectivity index (χ2n) is 6.69. The molecule has 1 unspecified atom stereocenters. The first-order chi connectivity index (χ1) is 11.6. The van der Waals surface area contributed by atoms with Gasteiger partial charge in [0.25, 0.3) is 0 Å². The van der Waals surface area contributed by atoms with E-state index in [2.05, 4.69) is 20.8 Å². The van der Waals surface area contributed by atoms with Gasteiger partial charge in [0.15, 0.2) is 0 Å². The van der Waals surface area contributed by atoms with E-state index in [-0.39, 0.29) is 11.9 Å². The van der Waals surface area contributed by atoms with Gasteiger partial charge >= 0.3 is 11.9 Å². The molecule has 1 aromatic carbocycles. The Morgan fingerprint density at radius 3 is 2.04 bits per heavy atom. The van der Waals surface area contributed by atoms with E-state index in [1.165, 1.54) is 0 Å². The molecule has 0 aliphatic carbocycles. The highest BCUT2D eigenvalue weighted by Crippen LogP contribution is 2.60. The first-order valence-electron chi connectivity index (χ1n) is 9.01. The first kappa shape index (κ1) is 18.7. The van der Waals surface area contributed by atoms with Gasteiger partial charge in [-0.15, -0.1) is 0 Å². The van der Waals surface area contributed by atoms with Gasteiger partial charge in [0.2, 0.25) is 9.76 Å². The van der Waals surface area contributed by atoms with Crippen molar-refractivity contribution >= 4 is 21.7 Å². The number of benzene rings is 1. The van der Waals surface area contributed by atoms with Gasteiger partial charge in [-0.1, -0.05) is 58.2 Å². The maximum absolute atomic E-state index is 12.8. The zero-order valence-corrected chi connectivity index (χ0v) is 16.4. The van der Waals surface area contributed by atoms with Crippen LogP contribution < -0.4 is 4.43 Å². The SMILES string of the molecule is CCCC1(CCC)C(=O)OC(=O)C1(CCC)[SiH2]Oc1ccccc1. The molecule has 0 radical (unpaired) electrons. The standard InChI is InChI=1S/C19H28O4Si/c1-4-12-18(13-5-2)16(20)22-17(21)19(18,14-6-3)24-23-15-10-8-7-9-11-15/h7-11H,4-6,12-14,24H2,1-3H3. The Morgan fingerprint density at radius 1 is 0.917 bits per heavy atom. The number of rotatable bonds is 9. The van der Waals surface area contributed by atoms with Crippen molar-refractivity contribution in [2.75, 3.05) is 0 Å². The molecule has 5 heteroatoms. The van der Waals surface area contributed by atoms with Crippen molar-refractivity contribution in [2.24, 2.45) is 5.41 Å². The molecule has 2 rings (SSSR count). The van der Waals surface area contributed by atoms with Crippen LogP contribution in [0.4, 0.5) is 0 Å². The maximum Gasteiger partial charge on any atom is 0.321 e. The molecule has 1 aliphatic rings. The minimum atomic E-state index is -1.35. The Hall–Kier alpha value is -1.62. The number of para-hydroxylation sites is 1. The van der Waals surface area contributed by atoms with Gasteiger partial charge in [-0.25, -0.2) is 0 Å². The minimum Gasteiger partial charge on any atom is -0.548 e. The number of carbonyl (C=O) groups is 2. The molecule has 132 valence electrons. The fraction of sp³-hybridized carbons (Fsp3) is 0.579. The largest absolute Gasteiger partial charge is 0.548 e. The molecule has 1 atom stereocenters. The lowest BCUT2D eigenvalue weighted by atomic mass is 9.68. The normalized spacial score (nSPS) is 23.0. The van der Waals surface area contributed by atoms with Crippen molar-refractivity contribution in [3.63, 3.8) is 0 Å². The van der Waals surface area contributed by atoms with Crippen molar-refractivity contribution in [2.45, 2.75) is 64.3 Å². The van der Waals surface area contributed by atoms with Crippen LogP contribution >= 0.6 is 0 Å². The Balaban J connectivity index is 2.40. The lowest BCUT2D eigenvalue weighted by Crippen LogP contribution is -2.45. The second kappa shape index (κ2) is 7.97. The van der Waals surface area contributed by atoms with E-state index in [4.69, 9.17) is 9.16 Å². The third-order valence-electron chi connectivity index (χ3n) is 5.14. The average molecular weight is 349 g/mol. The smallest absolute Gasteiger partial charge is 0.321 e. The summed E-state index contributed by atoms with van der Waals surface area (Å²) in [5, 5.41) is -0.749. The van der Waals surface area contributed by atoms with Crippen molar-refractivity contribution in [3.05, 3.63) is 30.3 Å². The monoisotopic (exact) mass is 348 g/mol. The summed E-state index contributed by atoms with van der Waals surface area (Å²) in [7, 11) is -1.35. The molecule has 1 saturated heterocycles. The summed E-state index contributed by atoms with van der Waals surface area (Å²) in [6.07, 6.45) is 4.59. The Bertz CT molecular complexity index is 566. The summed E-state index contributed by atoms with van der Waals surface area (Å²) < 4.78 is 11.3. The zero-order chi connectivity index (χ0) is 17.6. The third-order valence-corrected chi connectivity index (χ3v) is 7.43. The van der Waals surface area contributed by atoms with Crippen molar-refractivity contribution in [1.82, 2.24) is 0 Å². The van der Waals surface area contributed by atoms with E-state index in [9.17, 15) is 9.59 Å². The van der Waals surface area contributed by atoms with Gasteiger partial charge in [-0.05, 0) is 31.4 Å². The van der Waals surface area contributed by atoms with Gasteiger partial charge in [0, 0.05) is 0 Å². The van der Waals surface area contributed by atoms with Crippen LogP contribution in [-0.4, -0.2) is 21.7 Å². The highest BCUT2D eigenvalue weighted by Gasteiger charge is 2.67. The molecule has 4 nitrogen and oxygen atoms in total. The van der Waals surface area contributed by atoms with Crippen LogP contribution in [0.5, 0.6) is 5.75 Å². The zero-order valence-electron chi connectivity index (χ0n) is 15.0. The average Bonchev–Trinajstić information content (AvgIpc) is 2.77. The summed E-state index contributed by atoms with van der Waals surface area (Å²) in [6.45, 7) is 6.17. The highest BCUT2D eigenvalue weighted by molar-refractivity contribution is 6.44. The number of carbonyl (C=O) groups excluding carboxylic acids is 2. The molecular weight excluding hydrogens is 320 g/mol. The highest BCUT2D eigenvalue weighted by atomic mass is 28.2. The van der Waals surface area contributed by atoms with E-state index < -0.39 is 20.2 Å². The van der Waals surface area contributed by atoms with Crippen LogP contribution in [0, 0.1) is 5.41 Å². The molecule has 0 amide bonds. The number of cyclic esters (lactones) is 2. The van der Waals surface area contributed by atoms with Crippen molar-refractivity contribution in [1.29, 1.82) is 0 Å². The predicted octanol–water partition coefficient (Wildman–Crippen LogP) is 3.78. The maximum atomic E-state index is 12.8. The molecule has 0 bridgehead atoms. The summed E-state index contributed by atoms with van der Waals surface area (Å²) in [5.74, 6) is 0.0985. The number of esters is 2. The van der Waals surface area contributed by atoms with Crippen LogP contribution in [0.15, 0.2) is 30.3 Å². The second-order valence-corrected chi connectivity index (χ2v) is 8.48. The molecule has 0 saturated carbocycles. The molecule has 0 N–H and O–H groups in total. The first-order valence-corrected chi connectivity index (χ1v) is 10.3. The lowest BCUT2D eigenvalue weighted by Gasteiger charge is -2.39. The summed E-state index contributed by atoms with van der Waals surface area (Å²) in [4.78, 5) is 25.5. The molecule has 1 aromatic rings. The molecule has 1 fully saturated rings. The van der Waals surface area contributed by atoms with Gasteiger partial charge < -0.3 is 9.16 Å². The molecule has 24 heavy (non-hydrogen) atoms. The van der Waals surface area contributed by atoms with Crippen molar-refractivity contribution < 1.29 is 18.8 Å². The van der Waals surface area contributed by atoms with E-state index in [1.54, 1.807) is 0 Å². The Kier molecular flexibility index (Phi) is 6.21. The molecule has 0 aromatic heterocycles. The van der Waals surface area contributed by atoms with Crippen LogP contribution in [0.3, 0.4) is 0 Å². The van der Waals surface area contributed by atoms with Crippen LogP contribution in [-0.2, 0) is 14.3 Å². The number of hydrogen-bond acceptors (Lipinski definition) is 4. The Labute approximate surface area is 146 Å². The van der Waals surface area contributed by atoms with Crippen LogP contribution in [0.1, 0.15) is 59.3 Å². The quantitative estimate of drug-likeness (QED) is 0.387. The summed E-state index contributed by atoms with van der Waals surface area (Å²) in [5.41, 5.74) is -0.704. The van der Waals surface area contributed by atoms with Gasteiger partial charge in [-0.3, -0.25) is 9.59 Å². The number of hydrogen-bond donors (Lipinski definition) is 0. The van der Waals surface area contributed by atoms with Gasteiger partial charge in [0.05, 0.1) is 5.41 Å². The molecule has 0 spiro atoms. The van der Waals surface area contributed by atoms with Crippen molar-refractivity contribution in [3.8, 4) is 5.75 Å². The van der Waals surface area contributed by atoms with Gasteiger partial charge in [-0.2, -0.15) is 0 Å². The van der Waals surface area contributed by atoms with E-state index >= 15 is 0 Å². The Morgan fingerprint density at radius 2 is 1.50 bits per heavy atom. The molecule has 1 heterocycles. The predicted molar refractivity (Wildman–Crippen MR) is 96.6 cm³/mol. The lowest BCUT2D eigenvalue weighted by molar-refractivity contribution is -0.155. The van der Waals surface area contributed by atoms with E-state index in [1.807, 2.05) is 30.3 Å². The van der Waals surface area contributed by atoms with Crippen LogP contribution in [0.25, 0.3) is 0 Å². The molecular formula is C19H28O4Si. The fourth-order valence-electron chi connectivity index (χ4n) is 4.09. The topological polar surface area (TPSA) is 52.6 Å².